The van der Waals surface area contributed by atoms with Gasteiger partial charge in [-0.3, -0.25) is 9.78 Å². The molecule has 4 nitrogen and oxygen atoms in total. The number of hydrogen-bond donors (Lipinski definition) is 2. The molecule has 0 saturated heterocycles. The van der Waals surface area contributed by atoms with Crippen LogP contribution in [0.25, 0.3) is 0 Å². The summed E-state index contributed by atoms with van der Waals surface area (Å²) in [7, 11) is 0. The smallest absolute Gasteiger partial charge is 0.269 e. The van der Waals surface area contributed by atoms with E-state index in [2.05, 4.69) is 22.5 Å². The number of hydrogen-bond acceptors (Lipinski definition) is 3. The number of carbonyl (C=O) groups excluding carboxylic acids is 1. The van der Waals surface area contributed by atoms with Crippen molar-refractivity contribution in [2.45, 2.75) is 19.8 Å². The van der Waals surface area contributed by atoms with Crippen molar-refractivity contribution in [2.24, 2.45) is 0 Å². The highest BCUT2D eigenvalue weighted by molar-refractivity contribution is 5.93. The highest BCUT2D eigenvalue weighted by Gasteiger charge is 2.07. The first kappa shape index (κ1) is 15.9. The lowest BCUT2D eigenvalue weighted by atomic mass is 10.1. The summed E-state index contributed by atoms with van der Waals surface area (Å²) in [6, 6.07) is 9.85. The number of amides is 1. The lowest BCUT2D eigenvalue weighted by Gasteiger charge is -2.08. The average molecular weight is 301 g/mol. The highest BCUT2D eigenvalue weighted by atomic mass is 19.1. The first-order valence-electron chi connectivity index (χ1n) is 7.41. The van der Waals surface area contributed by atoms with Crippen molar-refractivity contribution in [3.63, 3.8) is 0 Å². The van der Waals surface area contributed by atoms with Crippen molar-refractivity contribution in [1.82, 2.24) is 10.3 Å². The van der Waals surface area contributed by atoms with Gasteiger partial charge in [0.2, 0.25) is 0 Å². The second kappa shape index (κ2) is 8.12. The van der Waals surface area contributed by atoms with Gasteiger partial charge in [0.15, 0.2) is 0 Å². The Morgan fingerprint density at radius 1 is 1.18 bits per heavy atom. The SMILES string of the molecule is CCCNc1ccnc(C(=O)NCCc2ccc(F)cc2)c1. The van der Waals surface area contributed by atoms with E-state index in [4.69, 9.17) is 0 Å². The summed E-state index contributed by atoms with van der Waals surface area (Å²) in [5, 5.41) is 6.04. The van der Waals surface area contributed by atoms with Gasteiger partial charge in [0.1, 0.15) is 11.5 Å². The number of aromatic nitrogens is 1. The lowest BCUT2D eigenvalue weighted by molar-refractivity contribution is 0.0949. The van der Waals surface area contributed by atoms with Crippen LogP contribution in [-0.2, 0) is 6.42 Å². The number of rotatable bonds is 7. The second-order valence-corrected chi connectivity index (χ2v) is 4.99. The zero-order valence-electron chi connectivity index (χ0n) is 12.6. The zero-order chi connectivity index (χ0) is 15.8. The predicted octanol–water partition coefficient (Wildman–Crippen LogP) is 3.02. The minimum atomic E-state index is -0.256. The average Bonchev–Trinajstić information content (AvgIpc) is 2.55. The van der Waals surface area contributed by atoms with Crippen LogP contribution in [0.5, 0.6) is 0 Å². The molecule has 0 aliphatic rings. The van der Waals surface area contributed by atoms with Gasteiger partial charge in [-0.05, 0) is 42.7 Å². The van der Waals surface area contributed by atoms with Crippen LogP contribution in [0.15, 0.2) is 42.6 Å². The molecule has 0 bridgehead atoms. The Balaban J connectivity index is 1.85. The molecule has 0 spiro atoms. The summed E-state index contributed by atoms with van der Waals surface area (Å²) in [4.78, 5) is 16.1. The Hall–Kier alpha value is -2.43. The number of pyridine rings is 1. The molecule has 0 atom stereocenters. The molecule has 0 radical (unpaired) electrons. The van der Waals surface area contributed by atoms with Crippen LogP contribution in [0.4, 0.5) is 10.1 Å². The molecule has 2 rings (SSSR count). The molecule has 0 aliphatic carbocycles. The van der Waals surface area contributed by atoms with Crippen LogP contribution < -0.4 is 10.6 Å². The Labute approximate surface area is 129 Å². The van der Waals surface area contributed by atoms with E-state index in [-0.39, 0.29) is 11.7 Å². The number of carbonyl (C=O) groups is 1. The van der Waals surface area contributed by atoms with Gasteiger partial charge in [-0.25, -0.2) is 4.39 Å². The summed E-state index contributed by atoms with van der Waals surface area (Å²) < 4.78 is 12.8. The summed E-state index contributed by atoms with van der Waals surface area (Å²) in [5.41, 5.74) is 2.26. The first-order chi connectivity index (χ1) is 10.7. The summed E-state index contributed by atoms with van der Waals surface area (Å²) >= 11 is 0. The summed E-state index contributed by atoms with van der Waals surface area (Å²) in [6.45, 7) is 3.42. The minimum absolute atomic E-state index is 0.206. The Morgan fingerprint density at radius 3 is 2.68 bits per heavy atom. The van der Waals surface area contributed by atoms with E-state index >= 15 is 0 Å². The van der Waals surface area contributed by atoms with Gasteiger partial charge in [0.25, 0.3) is 5.91 Å². The van der Waals surface area contributed by atoms with Gasteiger partial charge in [-0.15, -0.1) is 0 Å². The molecular weight excluding hydrogens is 281 g/mol. The zero-order valence-corrected chi connectivity index (χ0v) is 12.6. The topological polar surface area (TPSA) is 54.0 Å². The van der Waals surface area contributed by atoms with E-state index in [1.165, 1.54) is 12.1 Å². The Bertz CT molecular complexity index is 614. The molecular formula is C17H20FN3O. The van der Waals surface area contributed by atoms with Crippen molar-refractivity contribution in [2.75, 3.05) is 18.4 Å². The summed E-state index contributed by atoms with van der Waals surface area (Å²) in [5.74, 6) is -0.462. The van der Waals surface area contributed by atoms with E-state index in [9.17, 15) is 9.18 Å². The number of anilines is 1. The van der Waals surface area contributed by atoms with Crippen LogP contribution in [0.2, 0.25) is 0 Å². The monoisotopic (exact) mass is 301 g/mol. The summed E-state index contributed by atoms with van der Waals surface area (Å²) in [6.07, 6.45) is 3.29. The first-order valence-corrected chi connectivity index (χ1v) is 7.41. The van der Waals surface area contributed by atoms with Crippen LogP contribution in [-0.4, -0.2) is 24.0 Å². The largest absolute Gasteiger partial charge is 0.385 e. The van der Waals surface area contributed by atoms with Gasteiger partial charge in [0, 0.05) is 25.0 Å². The molecule has 116 valence electrons. The van der Waals surface area contributed by atoms with Crippen molar-refractivity contribution in [3.8, 4) is 0 Å². The maximum absolute atomic E-state index is 12.8. The molecule has 1 heterocycles. The third-order valence-corrected chi connectivity index (χ3v) is 3.18. The van der Waals surface area contributed by atoms with Gasteiger partial charge < -0.3 is 10.6 Å². The van der Waals surface area contributed by atoms with E-state index in [1.807, 2.05) is 6.07 Å². The third kappa shape index (κ3) is 4.84. The molecule has 0 aliphatic heterocycles. The fraction of sp³-hybridized carbons (Fsp3) is 0.294. The van der Waals surface area contributed by atoms with Crippen LogP contribution in [0, 0.1) is 5.82 Å². The van der Waals surface area contributed by atoms with Crippen LogP contribution in [0.3, 0.4) is 0 Å². The number of halogens is 1. The molecule has 2 aromatic rings. The van der Waals surface area contributed by atoms with E-state index in [0.717, 1.165) is 24.2 Å². The normalized spacial score (nSPS) is 10.3. The number of nitrogens with one attached hydrogen (secondary N) is 2. The maximum Gasteiger partial charge on any atom is 0.269 e. The molecule has 1 aromatic heterocycles. The molecule has 0 saturated carbocycles. The quantitative estimate of drug-likeness (QED) is 0.826. The van der Waals surface area contributed by atoms with Crippen molar-refractivity contribution < 1.29 is 9.18 Å². The molecule has 5 heteroatoms. The second-order valence-electron chi connectivity index (χ2n) is 4.99. The molecule has 1 aromatic carbocycles. The molecule has 0 fully saturated rings. The number of benzene rings is 1. The Kier molecular flexibility index (Phi) is 5.89. The standard InChI is InChI=1S/C17H20FN3O/c1-2-9-19-15-8-11-20-16(12-15)17(22)21-10-7-13-3-5-14(18)6-4-13/h3-6,8,11-12H,2,7,9-10H2,1H3,(H,19,20)(H,21,22). The predicted molar refractivity (Wildman–Crippen MR) is 85.5 cm³/mol. The third-order valence-electron chi connectivity index (χ3n) is 3.18. The van der Waals surface area contributed by atoms with Crippen LogP contribution in [0.1, 0.15) is 29.4 Å². The van der Waals surface area contributed by atoms with Gasteiger partial charge >= 0.3 is 0 Å². The van der Waals surface area contributed by atoms with Crippen molar-refractivity contribution in [1.29, 1.82) is 0 Å². The van der Waals surface area contributed by atoms with E-state index in [1.54, 1.807) is 24.4 Å². The fourth-order valence-electron chi connectivity index (χ4n) is 2.00. The van der Waals surface area contributed by atoms with Gasteiger partial charge in [0.05, 0.1) is 0 Å². The highest BCUT2D eigenvalue weighted by Crippen LogP contribution is 2.08. The van der Waals surface area contributed by atoms with E-state index in [0.29, 0.717) is 18.7 Å². The Morgan fingerprint density at radius 2 is 1.95 bits per heavy atom. The van der Waals surface area contributed by atoms with Crippen molar-refractivity contribution in [3.05, 3.63) is 59.7 Å². The van der Waals surface area contributed by atoms with Gasteiger partial charge in [-0.2, -0.15) is 0 Å². The lowest BCUT2D eigenvalue weighted by Crippen LogP contribution is -2.26. The molecule has 0 unspecified atom stereocenters. The molecule has 22 heavy (non-hydrogen) atoms. The molecule has 2 N–H and O–H groups in total. The fourth-order valence-corrected chi connectivity index (χ4v) is 2.00. The van der Waals surface area contributed by atoms with Crippen molar-refractivity contribution >= 4 is 11.6 Å². The van der Waals surface area contributed by atoms with Crippen LogP contribution >= 0.6 is 0 Å². The van der Waals surface area contributed by atoms with Gasteiger partial charge in [-0.1, -0.05) is 19.1 Å². The molecule has 1 amide bonds. The maximum atomic E-state index is 12.8. The minimum Gasteiger partial charge on any atom is -0.385 e. The number of nitrogens with zero attached hydrogens (tertiary/aromatic N) is 1. The van der Waals surface area contributed by atoms with E-state index < -0.39 is 0 Å².